The van der Waals surface area contributed by atoms with Gasteiger partial charge in [0.2, 0.25) is 5.95 Å². The molecule has 0 aliphatic heterocycles. The average Bonchev–Trinajstić information content (AvgIpc) is 3.26. The molecule has 26 heavy (non-hydrogen) atoms. The highest BCUT2D eigenvalue weighted by molar-refractivity contribution is 5.86. The lowest BCUT2D eigenvalue weighted by Crippen LogP contribution is -2.16. The van der Waals surface area contributed by atoms with Crippen LogP contribution in [-0.2, 0) is 6.54 Å². The number of aromatic carboxylic acids is 1. The number of carbonyl (C=O) groups is 1. The molecule has 0 saturated carbocycles. The molecule has 134 valence electrons. The van der Waals surface area contributed by atoms with Crippen LogP contribution in [0.25, 0.3) is 17.1 Å². The largest absolute Gasteiger partial charge is 0.508 e. The summed E-state index contributed by atoms with van der Waals surface area (Å²) in [7, 11) is 0. The molecule has 0 amide bonds. The highest BCUT2D eigenvalue weighted by Gasteiger charge is 2.13. The van der Waals surface area contributed by atoms with E-state index in [0.717, 1.165) is 6.20 Å². The van der Waals surface area contributed by atoms with Gasteiger partial charge in [0.15, 0.2) is 11.2 Å². The van der Waals surface area contributed by atoms with E-state index in [4.69, 9.17) is 5.11 Å². The Kier molecular flexibility index (Phi) is 4.65. The minimum Gasteiger partial charge on any atom is -0.508 e. The van der Waals surface area contributed by atoms with E-state index in [-0.39, 0.29) is 22.9 Å². The first-order valence-electron chi connectivity index (χ1n) is 7.75. The number of aliphatic hydroxyl groups excluding tert-OH is 1. The Bertz CT molecular complexity index is 1070. The number of carboxylic acids is 1. The van der Waals surface area contributed by atoms with Crippen molar-refractivity contribution in [3.05, 3.63) is 58.6 Å². The van der Waals surface area contributed by atoms with E-state index in [2.05, 4.69) is 20.1 Å². The van der Waals surface area contributed by atoms with E-state index < -0.39 is 11.5 Å². The third-order valence-electron chi connectivity index (χ3n) is 3.64. The summed E-state index contributed by atoms with van der Waals surface area (Å²) in [5.41, 5.74) is 0.115. The summed E-state index contributed by atoms with van der Waals surface area (Å²) in [4.78, 5) is 34.3. The quantitative estimate of drug-likeness (QED) is 0.448. The fourth-order valence-electron chi connectivity index (χ4n) is 2.32. The van der Waals surface area contributed by atoms with Crippen LogP contribution in [0, 0.1) is 0 Å². The molecule has 0 bridgehead atoms. The first-order valence-corrected chi connectivity index (χ1v) is 7.75. The number of H-pyrrole nitrogens is 1. The maximum absolute atomic E-state index is 12.4. The second-order valence-electron chi connectivity index (χ2n) is 5.38. The number of aromatic amines is 1. The van der Waals surface area contributed by atoms with Crippen molar-refractivity contribution in [3.8, 4) is 5.95 Å². The monoisotopic (exact) mass is 356 g/mol. The predicted octanol–water partition coefficient (Wildman–Crippen LogP) is 1.41. The zero-order valence-electron chi connectivity index (χ0n) is 13.8. The van der Waals surface area contributed by atoms with Crippen LogP contribution < -0.4 is 5.56 Å². The third-order valence-corrected chi connectivity index (χ3v) is 3.64. The topological polar surface area (TPSA) is 139 Å². The zero-order valence-corrected chi connectivity index (χ0v) is 13.8. The van der Waals surface area contributed by atoms with Crippen LogP contribution in [0.1, 0.15) is 23.7 Å². The Balaban J connectivity index is 1.88. The lowest BCUT2D eigenvalue weighted by Gasteiger charge is -2.02. The van der Waals surface area contributed by atoms with Crippen molar-refractivity contribution in [1.82, 2.24) is 29.3 Å². The maximum Gasteiger partial charge on any atom is 0.338 e. The molecule has 0 atom stereocenters. The predicted molar refractivity (Wildman–Crippen MR) is 92.4 cm³/mol. The third kappa shape index (κ3) is 3.38. The molecular formula is C16H16N6O4. The Labute approximate surface area is 146 Å². The van der Waals surface area contributed by atoms with Crippen LogP contribution in [0.2, 0.25) is 0 Å². The number of imidazole rings is 1. The molecule has 3 aromatic rings. The number of carboxylic acid groups (broad SMARTS) is 1. The standard InChI is InChI=1S/C16H16N6O4/c1-2-11(23)5-3-4-6-21-9-17-13-12(21)14(24)20-16(19-13)22-8-10(7-18-22)15(25)26/h2-3,5,7-9,23H,4,6H2,1H3,(H,25,26)(H,19,20,24)/b5-3-,11-2+. The van der Waals surface area contributed by atoms with Gasteiger partial charge in [-0.2, -0.15) is 10.1 Å². The molecule has 0 fully saturated rings. The van der Waals surface area contributed by atoms with E-state index in [1.807, 2.05) is 0 Å². The number of fused-ring (bicyclic) bond motifs is 1. The number of aliphatic hydroxyl groups is 1. The van der Waals surface area contributed by atoms with Gasteiger partial charge in [-0.15, -0.1) is 0 Å². The van der Waals surface area contributed by atoms with Gasteiger partial charge in [-0.3, -0.25) is 9.78 Å². The Morgan fingerprint density at radius 1 is 1.38 bits per heavy atom. The van der Waals surface area contributed by atoms with E-state index in [1.165, 1.54) is 17.2 Å². The molecule has 3 heterocycles. The van der Waals surface area contributed by atoms with Gasteiger partial charge in [-0.1, -0.05) is 6.08 Å². The molecule has 0 aromatic carbocycles. The molecule has 10 heteroatoms. The molecule has 0 spiro atoms. The van der Waals surface area contributed by atoms with Gasteiger partial charge in [-0.05, 0) is 25.5 Å². The van der Waals surface area contributed by atoms with E-state index in [9.17, 15) is 14.7 Å². The second-order valence-corrected chi connectivity index (χ2v) is 5.38. The molecule has 0 aliphatic rings. The summed E-state index contributed by atoms with van der Waals surface area (Å²) < 4.78 is 2.83. The summed E-state index contributed by atoms with van der Waals surface area (Å²) >= 11 is 0. The summed E-state index contributed by atoms with van der Waals surface area (Å²) in [6.07, 6.45) is 9.45. The number of rotatable bonds is 6. The minimum atomic E-state index is -1.12. The summed E-state index contributed by atoms with van der Waals surface area (Å²) in [6.45, 7) is 2.21. The average molecular weight is 356 g/mol. The lowest BCUT2D eigenvalue weighted by molar-refractivity contribution is 0.0697. The van der Waals surface area contributed by atoms with E-state index in [0.29, 0.717) is 18.5 Å². The first-order chi connectivity index (χ1) is 12.5. The van der Waals surface area contributed by atoms with Crippen LogP contribution in [0.4, 0.5) is 0 Å². The highest BCUT2D eigenvalue weighted by Crippen LogP contribution is 2.09. The first kappa shape index (κ1) is 17.1. The van der Waals surface area contributed by atoms with Crippen LogP contribution in [0.3, 0.4) is 0 Å². The fraction of sp³-hybridized carbons (Fsp3) is 0.188. The van der Waals surface area contributed by atoms with Crippen LogP contribution in [0.5, 0.6) is 0 Å². The second kappa shape index (κ2) is 7.05. The molecule has 0 radical (unpaired) electrons. The molecule has 3 N–H and O–H groups in total. The van der Waals surface area contributed by atoms with Crippen molar-refractivity contribution in [3.63, 3.8) is 0 Å². The SMILES string of the molecule is C/C=C(O)\C=C/CCn1cnc2nc(-n3cc(C(=O)O)cn3)[nH]c(=O)c21. The van der Waals surface area contributed by atoms with Crippen molar-refractivity contribution in [2.45, 2.75) is 19.9 Å². The number of hydrogen-bond acceptors (Lipinski definition) is 6. The number of nitrogens with one attached hydrogen (secondary N) is 1. The smallest absolute Gasteiger partial charge is 0.338 e. The summed E-state index contributed by atoms with van der Waals surface area (Å²) in [5, 5.41) is 22.2. The summed E-state index contributed by atoms with van der Waals surface area (Å²) in [5.74, 6) is -0.872. The normalized spacial score (nSPS) is 12.3. The van der Waals surface area contributed by atoms with Gasteiger partial charge < -0.3 is 14.8 Å². The van der Waals surface area contributed by atoms with Crippen molar-refractivity contribution >= 4 is 17.1 Å². The van der Waals surface area contributed by atoms with Gasteiger partial charge in [0.1, 0.15) is 5.76 Å². The minimum absolute atomic E-state index is 0.0190. The number of allylic oxidation sites excluding steroid dienone is 3. The summed E-state index contributed by atoms with van der Waals surface area (Å²) in [6, 6.07) is 0. The number of aromatic nitrogens is 6. The van der Waals surface area contributed by atoms with Crippen molar-refractivity contribution in [2.75, 3.05) is 0 Å². The molecule has 10 nitrogen and oxygen atoms in total. The number of hydrogen-bond donors (Lipinski definition) is 3. The van der Waals surface area contributed by atoms with E-state index in [1.54, 1.807) is 29.7 Å². The van der Waals surface area contributed by atoms with Crippen LogP contribution in [-0.4, -0.2) is 45.5 Å². The van der Waals surface area contributed by atoms with Gasteiger partial charge in [-0.25, -0.2) is 14.5 Å². The van der Waals surface area contributed by atoms with Gasteiger partial charge in [0, 0.05) is 12.7 Å². The van der Waals surface area contributed by atoms with Crippen molar-refractivity contribution in [2.24, 2.45) is 0 Å². The molecule has 3 rings (SSSR count). The highest BCUT2D eigenvalue weighted by atomic mass is 16.4. The number of aryl methyl sites for hydroxylation is 1. The zero-order chi connectivity index (χ0) is 18.7. The van der Waals surface area contributed by atoms with Crippen LogP contribution in [0.15, 0.2) is 47.5 Å². The van der Waals surface area contributed by atoms with Crippen molar-refractivity contribution < 1.29 is 15.0 Å². The van der Waals surface area contributed by atoms with Crippen LogP contribution >= 0.6 is 0 Å². The Hall–Kier alpha value is -3.69. The fourth-order valence-corrected chi connectivity index (χ4v) is 2.32. The van der Waals surface area contributed by atoms with Crippen molar-refractivity contribution in [1.29, 1.82) is 0 Å². The van der Waals surface area contributed by atoms with E-state index >= 15 is 0 Å². The molecular weight excluding hydrogens is 340 g/mol. The Morgan fingerprint density at radius 2 is 2.19 bits per heavy atom. The van der Waals surface area contributed by atoms with Gasteiger partial charge in [0.05, 0.1) is 18.1 Å². The lowest BCUT2D eigenvalue weighted by atomic mass is 10.3. The Morgan fingerprint density at radius 3 is 2.88 bits per heavy atom. The maximum atomic E-state index is 12.4. The van der Waals surface area contributed by atoms with Gasteiger partial charge >= 0.3 is 5.97 Å². The number of nitrogens with zero attached hydrogens (tertiary/aromatic N) is 5. The molecule has 0 unspecified atom stereocenters. The molecule has 0 saturated heterocycles. The van der Waals surface area contributed by atoms with Gasteiger partial charge in [0.25, 0.3) is 5.56 Å². The molecule has 3 aromatic heterocycles. The molecule has 0 aliphatic carbocycles.